The maximum Gasteiger partial charge on any atom is 0.119 e. The van der Waals surface area contributed by atoms with Crippen LogP contribution in [0.5, 0.6) is 0 Å². The smallest absolute Gasteiger partial charge is 0.119 e. The molecule has 0 aliphatic rings. The summed E-state index contributed by atoms with van der Waals surface area (Å²) in [4.78, 5) is 5.25. The van der Waals surface area contributed by atoms with Crippen LogP contribution in [-0.2, 0) is 0 Å². The highest BCUT2D eigenvalue weighted by molar-refractivity contribution is 9.10. The lowest BCUT2D eigenvalue weighted by Crippen LogP contribution is -1.86. The van der Waals surface area contributed by atoms with Gasteiger partial charge >= 0.3 is 0 Å². The number of aromatic nitrogens is 1. The molecule has 1 aromatic carbocycles. The summed E-state index contributed by atoms with van der Waals surface area (Å²) < 4.78 is 0.944. The Hall–Kier alpha value is -0.710. The van der Waals surface area contributed by atoms with E-state index in [0.29, 0.717) is 5.02 Å². The molecule has 0 bridgehead atoms. The molecule has 2 N–H and O–H groups in total. The molecule has 0 fully saturated rings. The molecule has 0 unspecified atom stereocenters. The Balaban J connectivity index is 2.31. The summed E-state index contributed by atoms with van der Waals surface area (Å²) in [6.45, 7) is 0. The summed E-state index contributed by atoms with van der Waals surface area (Å²) in [5, 5.41) is 1.44. The molecular formula is C11H8BrClN2S. The normalized spacial score (nSPS) is 10.4. The standard InChI is InChI=1S/C11H8BrClN2S/c12-8-6-7(14)3-4-10(8)16-11-9(13)2-1-5-15-11/h1-6H,14H2. The Kier molecular flexibility index (Phi) is 3.74. The van der Waals surface area contributed by atoms with Gasteiger partial charge in [0.15, 0.2) is 0 Å². The first-order chi connectivity index (χ1) is 7.66. The first kappa shape index (κ1) is 11.8. The van der Waals surface area contributed by atoms with E-state index >= 15 is 0 Å². The Morgan fingerprint density at radius 1 is 1.31 bits per heavy atom. The quantitative estimate of drug-likeness (QED) is 0.843. The van der Waals surface area contributed by atoms with Crippen molar-refractivity contribution in [1.82, 2.24) is 4.98 Å². The Morgan fingerprint density at radius 3 is 2.81 bits per heavy atom. The zero-order valence-corrected chi connectivity index (χ0v) is 11.3. The van der Waals surface area contributed by atoms with Crippen molar-refractivity contribution in [2.24, 2.45) is 0 Å². The number of anilines is 1. The summed E-state index contributed by atoms with van der Waals surface area (Å²) >= 11 is 11.0. The zero-order valence-electron chi connectivity index (χ0n) is 8.15. The van der Waals surface area contributed by atoms with Crippen molar-refractivity contribution in [2.75, 3.05) is 5.73 Å². The maximum absolute atomic E-state index is 6.03. The summed E-state index contributed by atoms with van der Waals surface area (Å²) in [5.74, 6) is 0. The topological polar surface area (TPSA) is 38.9 Å². The predicted octanol–water partition coefficient (Wildman–Crippen LogP) is 4.23. The van der Waals surface area contributed by atoms with Crippen LogP contribution in [-0.4, -0.2) is 4.98 Å². The fraction of sp³-hybridized carbons (Fsp3) is 0. The first-order valence-corrected chi connectivity index (χ1v) is 6.49. The third-order valence-electron chi connectivity index (χ3n) is 1.89. The van der Waals surface area contributed by atoms with Crippen LogP contribution >= 0.6 is 39.3 Å². The summed E-state index contributed by atoms with van der Waals surface area (Å²) in [6, 6.07) is 9.28. The fourth-order valence-corrected chi connectivity index (χ4v) is 2.81. The molecule has 2 aromatic rings. The second kappa shape index (κ2) is 5.08. The Labute approximate surface area is 111 Å². The molecule has 1 heterocycles. The molecule has 0 amide bonds. The lowest BCUT2D eigenvalue weighted by Gasteiger charge is -2.05. The molecule has 0 atom stereocenters. The van der Waals surface area contributed by atoms with Gasteiger partial charge in [-0.2, -0.15) is 0 Å². The van der Waals surface area contributed by atoms with Crippen molar-refractivity contribution in [3.05, 3.63) is 46.0 Å². The molecule has 0 aliphatic carbocycles. The molecule has 0 radical (unpaired) electrons. The average molecular weight is 316 g/mol. The lowest BCUT2D eigenvalue weighted by atomic mass is 10.3. The number of nitrogens with two attached hydrogens (primary N) is 1. The summed E-state index contributed by atoms with van der Waals surface area (Å²) in [7, 11) is 0. The van der Waals surface area contributed by atoms with Crippen molar-refractivity contribution >= 4 is 45.0 Å². The Morgan fingerprint density at radius 2 is 2.12 bits per heavy atom. The number of pyridine rings is 1. The number of hydrogen-bond donors (Lipinski definition) is 1. The van der Waals surface area contributed by atoms with Crippen molar-refractivity contribution in [2.45, 2.75) is 9.92 Å². The molecular weight excluding hydrogens is 308 g/mol. The molecule has 0 aliphatic heterocycles. The van der Waals surface area contributed by atoms with Gasteiger partial charge in [0.1, 0.15) is 5.03 Å². The van der Waals surface area contributed by atoms with Crippen molar-refractivity contribution in [1.29, 1.82) is 0 Å². The minimum Gasteiger partial charge on any atom is -0.399 e. The van der Waals surface area contributed by atoms with E-state index < -0.39 is 0 Å². The highest BCUT2D eigenvalue weighted by Gasteiger charge is 2.06. The van der Waals surface area contributed by atoms with E-state index in [4.69, 9.17) is 17.3 Å². The van der Waals surface area contributed by atoms with E-state index in [1.807, 2.05) is 30.3 Å². The number of halogens is 2. The van der Waals surface area contributed by atoms with Crippen molar-refractivity contribution < 1.29 is 0 Å². The fourth-order valence-electron chi connectivity index (χ4n) is 1.15. The van der Waals surface area contributed by atoms with Crippen LogP contribution < -0.4 is 5.73 Å². The van der Waals surface area contributed by atoms with Gasteiger partial charge in [-0.3, -0.25) is 0 Å². The number of nitrogen functional groups attached to an aromatic ring is 1. The highest BCUT2D eigenvalue weighted by Crippen LogP contribution is 2.36. The second-order valence-corrected chi connectivity index (χ2v) is 5.37. The molecule has 2 rings (SSSR count). The second-order valence-electron chi connectivity index (χ2n) is 3.08. The van der Waals surface area contributed by atoms with Crippen LogP contribution in [0.1, 0.15) is 0 Å². The van der Waals surface area contributed by atoms with Gasteiger partial charge in [0.05, 0.1) is 5.02 Å². The van der Waals surface area contributed by atoms with Crippen LogP contribution in [0.15, 0.2) is 50.9 Å². The van der Waals surface area contributed by atoms with E-state index in [1.165, 1.54) is 11.8 Å². The van der Waals surface area contributed by atoms with Gasteiger partial charge in [0.2, 0.25) is 0 Å². The molecule has 1 aromatic heterocycles. The summed E-state index contributed by atoms with van der Waals surface area (Å²) in [6.07, 6.45) is 1.72. The van der Waals surface area contributed by atoms with Gasteiger partial charge < -0.3 is 5.73 Å². The van der Waals surface area contributed by atoms with E-state index in [2.05, 4.69) is 20.9 Å². The SMILES string of the molecule is Nc1ccc(Sc2ncccc2Cl)c(Br)c1. The van der Waals surface area contributed by atoms with E-state index in [0.717, 1.165) is 20.1 Å². The number of benzene rings is 1. The number of hydrogen-bond acceptors (Lipinski definition) is 3. The average Bonchev–Trinajstić information content (AvgIpc) is 2.25. The minimum absolute atomic E-state index is 0.649. The van der Waals surface area contributed by atoms with Crippen LogP contribution in [0.2, 0.25) is 5.02 Å². The molecule has 16 heavy (non-hydrogen) atoms. The van der Waals surface area contributed by atoms with Gasteiger partial charge in [-0.1, -0.05) is 23.4 Å². The van der Waals surface area contributed by atoms with E-state index in [9.17, 15) is 0 Å². The van der Waals surface area contributed by atoms with Crippen molar-refractivity contribution in [3.8, 4) is 0 Å². The third-order valence-corrected chi connectivity index (χ3v) is 4.32. The molecule has 82 valence electrons. The van der Waals surface area contributed by atoms with Gasteiger partial charge in [0, 0.05) is 21.3 Å². The molecule has 0 spiro atoms. The van der Waals surface area contributed by atoms with Gasteiger partial charge in [-0.15, -0.1) is 0 Å². The van der Waals surface area contributed by atoms with Gasteiger partial charge in [-0.05, 0) is 46.3 Å². The van der Waals surface area contributed by atoms with Crippen LogP contribution in [0.25, 0.3) is 0 Å². The predicted molar refractivity (Wildman–Crippen MR) is 71.9 cm³/mol. The summed E-state index contributed by atoms with van der Waals surface area (Å²) in [5.41, 5.74) is 6.40. The maximum atomic E-state index is 6.03. The molecule has 2 nitrogen and oxygen atoms in total. The number of rotatable bonds is 2. The van der Waals surface area contributed by atoms with E-state index in [1.54, 1.807) is 6.20 Å². The molecule has 0 saturated carbocycles. The molecule has 0 saturated heterocycles. The Bertz CT molecular complexity index is 519. The van der Waals surface area contributed by atoms with Gasteiger partial charge in [0.25, 0.3) is 0 Å². The highest BCUT2D eigenvalue weighted by atomic mass is 79.9. The minimum atomic E-state index is 0.649. The van der Waals surface area contributed by atoms with Crippen LogP contribution in [0, 0.1) is 0 Å². The first-order valence-electron chi connectivity index (χ1n) is 4.50. The monoisotopic (exact) mass is 314 g/mol. The lowest BCUT2D eigenvalue weighted by molar-refractivity contribution is 1.13. The van der Waals surface area contributed by atoms with E-state index in [-0.39, 0.29) is 0 Å². The van der Waals surface area contributed by atoms with Gasteiger partial charge in [-0.25, -0.2) is 4.98 Å². The van der Waals surface area contributed by atoms with Crippen LogP contribution in [0.4, 0.5) is 5.69 Å². The zero-order chi connectivity index (χ0) is 11.5. The third kappa shape index (κ3) is 2.70. The largest absolute Gasteiger partial charge is 0.399 e. The van der Waals surface area contributed by atoms with Crippen molar-refractivity contribution in [3.63, 3.8) is 0 Å². The molecule has 5 heteroatoms. The van der Waals surface area contributed by atoms with Crippen LogP contribution in [0.3, 0.4) is 0 Å². The number of nitrogens with zero attached hydrogens (tertiary/aromatic N) is 1.